The van der Waals surface area contributed by atoms with Crippen molar-refractivity contribution < 1.29 is 31.2 Å². The van der Waals surface area contributed by atoms with Gasteiger partial charge in [0.15, 0.2) is 0 Å². The van der Waals surface area contributed by atoms with Crippen molar-refractivity contribution in [3.8, 4) is 0 Å². The third-order valence-electron chi connectivity index (χ3n) is 3.78. The van der Waals surface area contributed by atoms with Crippen LogP contribution in [-0.4, -0.2) is 0 Å². The molecule has 0 heterocycles. The number of benzene rings is 4. The van der Waals surface area contributed by atoms with Gasteiger partial charge in [-0.1, -0.05) is 91.0 Å². The van der Waals surface area contributed by atoms with Crippen LogP contribution in [0.25, 0.3) is 0 Å². The SMILES string of the molecule is Fc1[c-]cc(F)cc1.[Au+].c1ccc(P(c2ccccc2)c2ccccc2)cc1. The van der Waals surface area contributed by atoms with Crippen LogP contribution < -0.4 is 15.9 Å². The fourth-order valence-electron chi connectivity index (χ4n) is 2.57. The van der Waals surface area contributed by atoms with Gasteiger partial charge in [-0.25, -0.2) is 4.39 Å². The Labute approximate surface area is 181 Å². The molecule has 0 fully saturated rings. The van der Waals surface area contributed by atoms with Gasteiger partial charge in [0.25, 0.3) is 0 Å². The molecular weight excluding hydrogens is 554 g/mol. The van der Waals surface area contributed by atoms with Crippen LogP contribution in [-0.2, 0) is 22.4 Å². The van der Waals surface area contributed by atoms with E-state index in [-0.39, 0.29) is 22.4 Å². The van der Waals surface area contributed by atoms with Crippen LogP contribution in [0.15, 0.2) is 109 Å². The van der Waals surface area contributed by atoms with Crippen molar-refractivity contribution in [2.75, 3.05) is 0 Å². The minimum atomic E-state index is -0.536. The summed E-state index contributed by atoms with van der Waals surface area (Å²) in [6.45, 7) is 0. The fraction of sp³-hybridized carbons (Fsp3) is 0. The van der Waals surface area contributed by atoms with Crippen molar-refractivity contribution in [1.82, 2.24) is 0 Å². The van der Waals surface area contributed by atoms with Crippen LogP contribution in [0, 0.1) is 17.7 Å². The van der Waals surface area contributed by atoms with Crippen molar-refractivity contribution in [2.24, 2.45) is 0 Å². The summed E-state index contributed by atoms with van der Waals surface area (Å²) in [5.74, 6) is -1.00. The minimum Gasteiger partial charge on any atom is -0.284 e. The fourth-order valence-corrected chi connectivity index (χ4v) is 4.87. The zero-order chi connectivity index (χ0) is 18.9. The normalized spacial score (nSPS) is 9.82. The van der Waals surface area contributed by atoms with Crippen molar-refractivity contribution in [2.45, 2.75) is 0 Å². The van der Waals surface area contributed by atoms with E-state index in [0.717, 1.165) is 18.2 Å². The molecule has 0 unspecified atom stereocenters. The van der Waals surface area contributed by atoms with Gasteiger partial charge in [0, 0.05) is 11.6 Å². The second kappa shape index (κ2) is 11.7. The van der Waals surface area contributed by atoms with E-state index in [0.29, 0.717) is 0 Å². The molecule has 0 saturated carbocycles. The standard InChI is InChI=1S/C18H15P.C6H3F2.Au/c1-4-10-16(11-5-1)19(17-12-6-2-7-13-17)18-14-8-3-9-15-18;7-5-1-2-6(8)4-3-5;/h1-15H;1-3H;/q;-1;+1. The summed E-state index contributed by atoms with van der Waals surface area (Å²) in [4.78, 5) is 0. The van der Waals surface area contributed by atoms with Crippen LogP contribution in [0.3, 0.4) is 0 Å². The molecule has 0 radical (unpaired) electrons. The van der Waals surface area contributed by atoms with E-state index in [1.807, 2.05) is 0 Å². The number of rotatable bonds is 3. The Hall–Kier alpha value is -2.09. The van der Waals surface area contributed by atoms with Crippen LogP contribution in [0.5, 0.6) is 0 Å². The molecule has 0 N–H and O–H groups in total. The summed E-state index contributed by atoms with van der Waals surface area (Å²) < 4.78 is 23.8. The smallest absolute Gasteiger partial charge is 0.284 e. The second-order valence-corrected chi connectivity index (χ2v) is 7.92. The predicted molar refractivity (Wildman–Crippen MR) is 110 cm³/mol. The van der Waals surface area contributed by atoms with Crippen LogP contribution in [0.2, 0.25) is 0 Å². The second-order valence-electron chi connectivity index (χ2n) is 5.70. The molecule has 4 aromatic rings. The van der Waals surface area contributed by atoms with Gasteiger partial charge in [-0.15, -0.1) is 24.3 Å². The summed E-state index contributed by atoms with van der Waals surface area (Å²) in [5.41, 5.74) is 0. The van der Waals surface area contributed by atoms with E-state index >= 15 is 0 Å². The number of hydrogen-bond donors (Lipinski definition) is 0. The van der Waals surface area contributed by atoms with E-state index in [1.54, 1.807) is 0 Å². The monoisotopic (exact) mass is 572 g/mol. The first-order chi connectivity index (χ1) is 13.2. The molecule has 144 valence electrons. The quantitative estimate of drug-likeness (QED) is 0.180. The van der Waals surface area contributed by atoms with Gasteiger partial charge in [0.2, 0.25) is 0 Å². The van der Waals surface area contributed by atoms with Gasteiger partial charge in [0.05, 0.1) is 0 Å². The minimum absolute atomic E-state index is 0. The molecule has 0 nitrogen and oxygen atoms in total. The van der Waals surface area contributed by atoms with Crippen LogP contribution >= 0.6 is 7.92 Å². The van der Waals surface area contributed by atoms with Gasteiger partial charge in [-0.2, -0.15) is 0 Å². The molecule has 0 aliphatic heterocycles. The summed E-state index contributed by atoms with van der Waals surface area (Å²) in [7, 11) is -0.446. The largest absolute Gasteiger partial charge is 1.00 e. The summed E-state index contributed by atoms with van der Waals surface area (Å²) in [6.07, 6.45) is 0. The molecule has 0 aromatic heterocycles. The van der Waals surface area contributed by atoms with Crippen molar-refractivity contribution in [3.05, 3.63) is 127 Å². The molecule has 28 heavy (non-hydrogen) atoms. The van der Waals surface area contributed by atoms with Crippen molar-refractivity contribution >= 4 is 23.8 Å². The Morgan fingerprint density at radius 1 is 0.536 bits per heavy atom. The number of halogens is 2. The molecule has 0 saturated heterocycles. The zero-order valence-corrected chi connectivity index (χ0v) is 18.0. The first-order valence-corrected chi connectivity index (χ1v) is 9.86. The first-order valence-electron chi connectivity index (χ1n) is 8.52. The van der Waals surface area contributed by atoms with Gasteiger partial charge < -0.3 is 0 Å². The molecule has 0 spiro atoms. The zero-order valence-electron chi connectivity index (χ0n) is 14.9. The Morgan fingerprint density at radius 3 is 1.21 bits per heavy atom. The Bertz CT molecular complexity index is 815. The average Bonchev–Trinajstić information content (AvgIpc) is 2.73. The third-order valence-corrected chi connectivity index (χ3v) is 6.22. The van der Waals surface area contributed by atoms with Crippen molar-refractivity contribution in [3.63, 3.8) is 0 Å². The third kappa shape index (κ3) is 6.51. The average molecular weight is 572 g/mol. The summed E-state index contributed by atoms with van der Waals surface area (Å²) >= 11 is 0. The van der Waals surface area contributed by atoms with E-state index in [4.69, 9.17) is 0 Å². The van der Waals surface area contributed by atoms with Crippen LogP contribution in [0.4, 0.5) is 8.78 Å². The number of hydrogen-bond acceptors (Lipinski definition) is 0. The Balaban J connectivity index is 0.000000264. The maximum atomic E-state index is 11.9. The molecule has 4 heteroatoms. The van der Waals surface area contributed by atoms with E-state index in [9.17, 15) is 8.78 Å². The molecule has 0 atom stereocenters. The molecule has 0 aliphatic carbocycles. The van der Waals surface area contributed by atoms with Crippen LogP contribution in [0.1, 0.15) is 0 Å². The maximum absolute atomic E-state index is 11.9. The summed E-state index contributed by atoms with van der Waals surface area (Å²) in [6, 6.07) is 37.4. The van der Waals surface area contributed by atoms with Gasteiger partial charge in [-0.3, -0.25) is 4.39 Å². The predicted octanol–water partition coefficient (Wildman–Crippen LogP) is 5.21. The maximum Gasteiger partial charge on any atom is 1.00 e. The molecule has 0 amide bonds. The van der Waals surface area contributed by atoms with E-state index < -0.39 is 19.6 Å². The van der Waals surface area contributed by atoms with E-state index in [2.05, 4.69) is 97.1 Å². The molecule has 0 aliphatic rings. The van der Waals surface area contributed by atoms with Crippen molar-refractivity contribution in [1.29, 1.82) is 0 Å². The van der Waals surface area contributed by atoms with Gasteiger partial charge in [-0.05, 0) is 23.8 Å². The Kier molecular flexibility index (Phi) is 9.27. The van der Waals surface area contributed by atoms with Gasteiger partial charge in [0.1, 0.15) is 0 Å². The molecule has 0 bridgehead atoms. The van der Waals surface area contributed by atoms with E-state index in [1.165, 1.54) is 15.9 Å². The van der Waals surface area contributed by atoms with Gasteiger partial charge >= 0.3 is 22.4 Å². The summed E-state index contributed by atoms with van der Waals surface area (Å²) in [5, 5.41) is 4.19. The topological polar surface area (TPSA) is 0 Å². The Morgan fingerprint density at radius 2 is 0.929 bits per heavy atom. The molecule has 4 aromatic carbocycles. The molecule has 4 rings (SSSR count). The molecular formula is C24H18AuF2P. The first kappa shape index (κ1) is 22.2.